The van der Waals surface area contributed by atoms with Crippen molar-refractivity contribution in [2.75, 3.05) is 12.3 Å². The van der Waals surface area contributed by atoms with E-state index in [1.165, 1.54) is 21.7 Å². The summed E-state index contributed by atoms with van der Waals surface area (Å²) in [5.41, 5.74) is 5.29. The minimum absolute atomic E-state index is 0.0389. The quantitative estimate of drug-likeness (QED) is 0.466. The van der Waals surface area contributed by atoms with Crippen molar-refractivity contribution in [3.05, 3.63) is 46.6 Å². The van der Waals surface area contributed by atoms with Gasteiger partial charge in [-0.15, -0.1) is 5.10 Å². The van der Waals surface area contributed by atoms with Crippen LogP contribution < -0.4 is 16.4 Å². The Bertz CT molecular complexity index is 1510. The molecule has 0 bridgehead atoms. The Hall–Kier alpha value is -4.16. The largest absolute Gasteiger partial charge is 0.417 e. The Morgan fingerprint density at radius 2 is 2.03 bits per heavy atom. The number of carbonyl (C=O) groups is 3. The van der Waals surface area contributed by atoms with Crippen LogP contribution in [-0.2, 0) is 17.5 Å². The number of hydrogen-bond donors (Lipinski definition) is 3. The van der Waals surface area contributed by atoms with Gasteiger partial charge in [-0.1, -0.05) is 0 Å². The topological polar surface area (TPSA) is 135 Å². The van der Waals surface area contributed by atoms with Crippen LogP contribution in [0.5, 0.6) is 0 Å². The summed E-state index contributed by atoms with van der Waals surface area (Å²) in [4.78, 5) is 43.5. The van der Waals surface area contributed by atoms with Crippen molar-refractivity contribution < 1.29 is 27.6 Å². The molecule has 0 unspecified atom stereocenters. The molecule has 0 spiro atoms. The molecule has 3 aromatic rings. The van der Waals surface area contributed by atoms with Gasteiger partial charge < -0.3 is 21.3 Å². The first kappa shape index (κ1) is 24.2. The van der Waals surface area contributed by atoms with E-state index in [4.69, 9.17) is 5.73 Å². The van der Waals surface area contributed by atoms with Gasteiger partial charge in [0.1, 0.15) is 5.56 Å². The van der Waals surface area contributed by atoms with Crippen LogP contribution in [-0.4, -0.2) is 55.8 Å². The molecule has 13 heteroatoms. The van der Waals surface area contributed by atoms with Gasteiger partial charge in [-0.25, -0.2) is 9.50 Å². The Morgan fingerprint density at radius 3 is 2.68 bits per heavy atom. The van der Waals surface area contributed by atoms with E-state index >= 15 is 0 Å². The molecule has 38 heavy (non-hydrogen) atoms. The average Bonchev–Trinajstić information content (AvgIpc) is 3.43. The molecule has 2 fully saturated rings. The molecule has 2 atom stereocenters. The van der Waals surface area contributed by atoms with Crippen LogP contribution >= 0.6 is 0 Å². The average molecular weight is 528 g/mol. The Balaban J connectivity index is 1.40. The molecule has 1 saturated carbocycles. The summed E-state index contributed by atoms with van der Waals surface area (Å²) in [5.74, 6) is -1.19. The highest BCUT2D eigenvalue weighted by molar-refractivity contribution is 6.05. The molecule has 1 aromatic carbocycles. The molecular formula is C25H24F3N7O3. The van der Waals surface area contributed by atoms with Crippen molar-refractivity contribution in [1.29, 1.82) is 0 Å². The molecular weight excluding hydrogens is 503 g/mol. The van der Waals surface area contributed by atoms with Crippen LogP contribution in [0.2, 0.25) is 0 Å². The van der Waals surface area contributed by atoms with Crippen LogP contribution in [0.25, 0.3) is 16.9 Å². The number of anilines is 1. The van der Waals surface area contributed by atoms with Crippen molar-refractivity contribution in [2.45, 2.75) is 51.0 Å². The lowest BCUT2D eigenvalue weighted by Crippen LogP contribution is -2.36. The molecule has 198 valence electrons. The second-order valence-electron chi connectivity index (χ2n) is 10.1. The maximum absolute atomic E-state index is 14.2. The predicted octanol–water partition coefficient (Wildman–Crippen LogP) is 2.37. The first-order valence-corrected chi connectivity index (χ1v) is 12.3. The summed E-state index contributed by atoms with van der Waals surface area (Å²) in [6.45, 7) is 2.23. The number of halogens is 3. The zero-order valence-corrected chi connectivity index (χ0v) is 20.3. The monoisotopic (exact) mass is 527 g/mol. The maximum atomic E-state index is 14.2. The second kappa shape index (κ2) is 8.43. The number of rotatable bonds is 5. The standard InChI is InChI=1S/C25H24F3N7O3/c1-11(12-2-3-12)34-10-14-6-13(7-16(25(26,27)28)19(14)24(34)38)17-4-5-35-22(32-17)20(21(29)33-35)23(37)31-15-8-18(36)30-9-15/h4-7,11-12,15H,2-3,8-10H2,1H3,(H2,29,33)(H,30,36)(H,31,37)/t11-,15+/m0/s1. The van der Waals surface area contributed by atoms with E-state index in [9.17, 15) is 27.6 Å². The number of amides is 3. The molecule has 6 rings (SSSR count). The number of nitrogen functional groups attached to an aromatic ring is 1. The number of nitrogens with zero attached hydrogens (tertiary/aromatic N) is 4. The van der Waals surface area contributed by atoms with E-state index in [-0.39, 0.29) is 65.3 Å². The molecule has 4 N–H and O–H groups in total. The molecule has 1 aliphatic carbocycles. The Morgan fingerprint density at radius 1 is 1.26 bits per heavy atom. The lowest BCUT2D eigenvalue weighted by Gasteiger charge is -2.24. The van der Waals surface area contributed by atoms with Crippen LogP contribution in [0.1, 0.15) is 58.0 Å². The Labute approximate surface area is 214 Å². The molecule has 2 aromatic heterocycles. The van der Waals surface area contributed by atoms with Crippen molar-refractivity contribution in [1.82, 2.24) is 30.1 Å². The predicted molar refractivity (Wildman–Crippen MR) is 129 cm³/mol. The highest BCUT2D eigenvalue weighted by Crippen LogP contribution is 2.43. The number of nitrogens with one attached hydrogen (secondary N) is 2. The van der Waals surface area contributed by atoms with Gasteiger partial charge in [-0.3, -0.25) is 14.4 Å². The van der Waals surface area contributed by atoms with Crippen LogP contribution in [0.15, 0.2) is 24.4 Å². The van der Waals surface area contributed by atoms with Crippen molar-refractivity contribution in [2.24, 2.45) is 5.92 Å². The zero-order valence-electron chi connectivity index (χ0n) is 20.3. The number of hydrogen-bond acceptors (Lipinski definition) is 6. The highest BCUT2D eigenvalue weighted by Gasteiger charge is 2.44. The third-order valence-electron chi connectivity index (χ3n) is 7.48. The molecule has 10 nitrogen and oxygen atoms in total. The van der Waals surface area contributed by atoms with Crippen LogP contribution in [0.3, 0.4) is 0 Å². The fourth-order valence-electron chi connectivity index (χ4n) is 5.30. The van der Waals surface area contributed by atoms with Gasteiger partial charge in [0.15, 0.2) is 11.5 Å². The smallest absolute Gasteiger partial charge is 0.381 e. The van der Waals surface area contributed by atoms with Crippen molar-refractivity contribution in [3.63, 3.8) is 0 Å². The minimum atomic E-state index is -4.75. The summed E-state index contributed by atoms with van der Waals surface area (Å²) in [5, 5.41) is 9.43. The molecule has 2 aliphatic heterocycles. The van der Waals surface area contributed by atoms with Crippen LogP contribution in [0, 0.1) is 5.92 Å². The third kappa shape index (κ3) is 4.02. The molecule has 0 radical (unpaired) electrons. The fraction of sp³-hybridized carbons (Fsp3) is 0.400. The van der Waals surface area contributed by atoms with Gasteiger partial charge >= 0.3 is 6.18 Å². The number of aromatic nitrogens is 3. The van der Waals surface area contributed by atoms with Gasteiger partial charge in [0, 0.05) is 37.3 Å². The number of alkyl halides is 3. The summed E-state index contributed by atoms with van der Waals surface area (Å²) >= 11 is 0. The second-order valence-corrected chi connectivity index (χ2v) is 10.1. The summed E-state index contributed by atoms with van der Waals surface area (Å²) in [6, 6.07) is 3.38. The number of nitrogens with two attached hydrogens (primary N) is 1. The lowest BCUT2D eigenvalue weighted by atomic mass is 9.97. The maximum Gasteiger partial charge on any atom is 0.417 e. The first-order chi connectivity index (χ1) is 18.0. The molecule has 3 amide bonds. The van der Waals surface area contributed by atoms with E-state index in [1.807, 2.05) is 6.92 Å². The molecule has 1 saturated heterocycles. The number of carbonyl (C=O) groups excluding carboxylic acids is 3. The number of fused-ring (bicyclic) bond motifs is 2. The van der Waals surface area contributed by atoms with Gasteiger partial charge in [-0.05, 0) is 49.4 Å². The van der Waals surface area contributed by atoms with E-state index in [1.54, 1.807) is 6.07 Å². The van der Waals surface area contributed by atoms with Gasteiger partial charge in [-0.2, -0.15) is 13.2 Å². The lowest BCUT2D eigenvalue weighted by molar-refractivity contribution is -0.138. The molecule has 3 aliphatic rings. The summed E-state index contributed by atoms with van der Waals surface area (Å²) in [7, 11) is 0. The number of benzene rings is 1. The Kier molecular flexibility index (Phi) is 5.37. The van der Waals surface area contributed by atoms with E-state index in [0.717, 1.165) is 18.9 Å². The van der Waals surface area contributed by atoms with E-state index in [2.05, 4.69) is 20.7 Å². The first-order valence-electron chi connectivity index (χ1n) is 12.3. The molecule has 4 heterocycles. The zero-order chi connectivity index (χ0) is 26.9. The minimum Gasteiger partial charge on any atom is -0.381 e. The van der Waals surface area contributed by atoms with Crippen molar-refractivity contribution >= 4 is 29.2 Å². The summed E-state index contributed by atoms with van der Waals surface area (Å²) in [6.07, 6.45) is -1.26. The third-order valence-corrected chi connectivity index (χ3v) is 7.48. The van der Waals surface area contributed by atoms with E-state index in [0.29, 0.717) is 11.5 Å². The van der Waals surface area contributed by atoms with Gasteiger partial charge in [0.2, 0.25) is 5.91 Å². The van der Waals surface area contributed by atoms with Gasteiger partial charge in [0.25, 0.3) is 11.8 Å². The normalized spacial score (nSPS) is 20.1. The van der Waals surface area contributed by atoms with Crippen LogP contribution in [0.4, 0.5) is 19.0 Å². The van der Waals surface area contributed by atoms with E-state index < -0.39 is 29.6 Å². The van der Waals surface area contributed by atoms with Crippen molar-refractivity contribution in [3.8, 4) is 11.3 Å². The van der Waals surface area contributed by atoms with Gasteiger partial charge in [0.05, 0.1) is 22.9 Å². The fourth-order valence-corrected chi connectivity index (χ4v) is 5.30. The highest BCUT2D eigenvalue weighted by atomic mass is 19.4. The summed E-state index contributed by atoms with van der Waals surface area (Å²) < 4.78 is 43.7. The SMILES string of the molecule is C[C@@H](C1CC1)N1Cc2cc(-c3ccn4nc(N)c(C(=O)N[C@H]5CNC(=O)C5)c4n3)cc(C(F)(F)F)c2C1=O.